The third-order valence-corrected chi connectivity index (χ3v) is 2.78. The second-order valence-corrected chi connectivity index (χ2v) is 4.09. The number of hydrogen-bond donors (Lipinski definition) is 0. The Morgan fingerprint density at radius 3 is 2.64 bits per heavy atom. The molecule has 0 radical (unpaired) electrons. The molecule has 0 aromatic carbocycles. The van der Waals surface area contributed by atoms with Gasteiger partial charge in [-0.15, -0.1) is 0 Å². The van der Waals surface area contributed by atoms with Gasteiger partial charge in [0.05, 0.1) is 0 Å². The van der Waals surface area contributed by atoms with Crippen LogP contribution in [-0.2, 0) is 0 Å². The molecule has 1 fully saturated rings. The minimum atomic E-state index is -0.981. The zero-order valence-corrected chi connectivity index (χ0v) is 8.41. The lowest BCUT2D eigenvalue weighted by atomic mass is 9.96. The third kappa shape index (κ3) is 2.03. The molecule has 1 aromatic heterocycles. The molecule has 0 saturated carbocycles. The SMILES string of the molecule is CC1(F)CCN(c2ccccn2)CC1. The van der Waals surface area contributed by atoms with Crippen LogP contribution in [0.4, 0.5) is 10.2 Å². The Hall–Kier alpha value is -1.12. The number of piperidine rings is 1. The Bertz CT molecular complexity index is 287. The number of nitrogens with zero attached hydrogens (tertiary/aromatic N) is 2. The van der Waals surface area contributed by atoms with Gasteiger partial charge in [-0.05, 0) is 31.9 Å². The van der Waals surface area contributed by atoms with Gasteiger partial charge in [-0.3, -0.25) is 0 Å². The zero-order valence-electron chi connectivity index (χ0n) is 8.41. The fourth-order valence-corrected chi connectivity index (χ4v) is 1.74. The minimum absolute atomic E-state index is 0.601. The fraction of sp³-hybridized carbons (Fsp3) is 0.545. The molecule has 0 unspecified atom stereocenters. The van der Waals surface area contributed by atoms with E-state index in [1.54, 1.807) is 13.1 Å². The highest BCUT2D eigenvalue weighted by atomic mass is 19.1. The van der Waals surface area contributed by atoms with E-state index in [2.05, 4.69) is 9.88 Å². The van der Waals surface area contributed by atoms with Crippen LogP contribution in [0.5, 0.6) is 0 Å². The summed E-state index contributed by atoms with van der Waals surface area (Å²) in [6.07, 6.45) is 2.98. The molecular formula is C11H15FN2. The van der Waals surface area contributed by atoms with Crippen molar-refractivity contribution in [1.82, 2.24) is 4.98 Å². The molecule has 2 heterocycles. The van der Waals surface area contributed by atoms with Crippen LogP contribution in [0.15, 0.2) is 24.4 Å². The van der Waals surface area contributed by atoms with Crippen molar-refractivity contribution < 1.29 is 4.39 Å². The molecule has 0 bridgehead atoms. The van der Waals surface area contributed by atoms with E-state index in [4.69, 9.17) is 0 Å². The number of pyridine rings is 1. The first-order chi connectivity index (χ1) is 6.67. The number of alkyl halides is 1. The Labute approximate surface area is 83.8 Å². The largest absolute Gasteiger partial charge is 0.356 e. The van der Waals surface area contributed by atoms with Crippen molar-refractivity contribution in [3.05, 3.63) is 24.4 Å². The lowest BCUT2D eigenvalue weighted by molar-refractivity contribution is 0.149. The summed E-state index contributed by atoms with van der Waals surface area (Å²) < 4.78 is 13.5. The van der Waals surface area contributed by atoms with E-state index >= 15 is 0 Å². The lowest BCUT2D eigenvalue weighted by Gasteiger charge is -2.34. The molecule has 1 aliphatic rings. The number of anilines is 1. The number of halogens is 1. The first kappa shape index (κ1) is 9.44. The van der Waals surface area contributed by atoms with Crippen molar-refractivity contribution in [2.24, 2.45) is 0 Å². The van der Waals surface area contributed by atoms with Crippen molar-refractivity contribution in [3.63, 3.8) is 0 Å². The van der Waals surface area contributed by atoms with Gasteiger partial charge < -0.3 is 4.90 Å². The summed E-state index contributed by atoms with van der Waals surface area (Å²) in [4.78, 5) is 6.39. The van der Waals surface area contributed by atoms with Gasteiger partial charge in [-0.25, -0.2) is 9.37 Å². The van der Waals surface area contributed by atoms with Crippen LogP contribution >= 0.6 is 0 Å². The predicted molar refractivity (Wildman–Crippen MR) is 55.2 cm³/mol. The molecule has 1 aliphatic heterocycles. The van der Waals surface area contributed by atoms with E-state index in [9.17, 15) is 4.39 Å². The maximum Gasteiger partial charge on any atom is 0.128 e. The minimum Gasteiger partial charge on any atom is -0.356 e. The first-order valence-electron chi connectivity index (χ1n) is 5.02. The van der Waals surface area contributed by atoms with Crippen molar-refractivity contribution in [3.8, 4) is 0 Å². The van der Waals surface area contributed by atoms with Crippen molar-refractivity contribution in [1.29, 1.82) is 0 Å². The number of aromatic nitrogens is 1. The van der Waals surface area contributed by atoms with Crippen LogP contribution in [0.25, 0.3) is 0 Å². The molecule has 1 saturated heterocycles. The standard InChI is InChI=1S/C11H15FN2/c1-11(12)5-8-14(9-6-11)10-4-2-3-7-13-10/h2-4,7H,5-6,8-9H2,1H3. The van der Waals surface area contributed by atoms with Crippen LogP contribution in [0, 0.1) is 0 Å². The summed E-state index contributed by atoms with van der Waals surface area (Å²) in [5.74, 6) is 0.961. The van der Waals surface area contributed by atoms with Gasteiger partial charge in [0.2, 0.25) is 0 Å². The Morgan fingerprint density at radius 1 is 1.36 bits per heavy atom. The molecule has 0 atom stereocenters. The summed E-state index contributed by atoms with van der Waals surface area (Å²) >= 11 is 0. The first-order valence-corrected chi connectivity index (χ1v) is 5.02. The van der Waals surface area contributed by atoms with Crippen LogP contribution in [0.2, 0.25) is 0 Å². The van der Waals surface area contributed by atoms with Gasteiger partial charge in [0.1, 0.15) is 11.5 Å². The van der Waals surface area contributed by atoms with Crippen LogP contribution in [-0.4, -0.2) is 23.7 Å². The topological polar surface area (TPSA) is 16.1 Å². The second kappa shape index (κ2) is 3.56. The van der Waals surface area contributed by atoms with Gasteiger partial charge >= 0.3 is 0 Å². The summed E-state index contributed by atoms with van der Waals surface area (Å²) in [6, 6.07) is 5.83. The number of hydrogen-bond acceptors (Lipinski definition) is 2. The average Bonchev–Trinajstić information content (AvgIpc) is 2.19. The average molecular weight is 194 g/mol. The number of rotatable bonds is 1. The summed E-state index contributed by atoms with van der Waals surface area (Å²) in [5, 5.41) is 0. The van der Waals surface area contributed by atoms with Crippen molar-refractivity contribution in [2.45, 2.75) is 25.4 Å². The van der Waals surface area contributed by atoms with E-state index in [1.165, 1.54) is 0 Å². The van der Waals surface area contributed by atoms with E-state index in [0.717, 1.165) is 18.9 Å². The monoisotopic (exact) mass is 194 g/mol. The summed E-state index contributed by atoms with van der Waals surface area (Å²) in [6.45, 7) is 3.22. The molecule has 0 N–H and O–H groups in total. The molecule has 0 spiro atoms. The van der Waals surface area contributed by atoms with Crippen LogP contribution in [0.1, 0.15) is 19.8 Å². The lowest BCUT2D eigenvalue weighted by Crippen LogP contribution is -2.40. The second-order valence-electron chi connectivity index (χ2n) is 4.09. The Balaban J connectivity index is 2.03. The van der Waals surface area contributed by atoms with E-state index in [-0.39, 0.29) is 0 Å². The molecule has 3 heteroatoms. The van der Waals surface area contributed by atoms with Gasteiger partial charge in [0, 0.05) is 19.3 Å². The molecule has 2 rings (SSSR count). The Morgan fingerprint density at radius 2 is 2.07 bits per heavy atom. The highest BCUT2D eigenvalue weighted by Gasteiger charge is 2.29. The quantitative estimate of drug-likeness (QED) is 0.682. The molecule has 76 valence electrons. The highest BCUT2D eigenvalue weighted by molar-refractivity contribution is 5.38. The Kier molecular flexibility index (Phi) is 2.40. The molecule has 0 amide bonds. The van der Waals surface area contributed by atoms with Gasteiger partial charge in [0.25, 0.3) is 0 Å². The summed E-state index contributed by atoms with van der Waals surface area (Å²) in [7, 11) is 0. The molecule has 14 heavy (non-hydrogen) atoms. The zero-order chi connectivity index (χ0) is 10.0. The highest BCUT2D eigenvalue weighted by Crippen LogP contribution is 2.27. The smallest absolute Gasteiger partial charge is 0.128 e. The van der Waals surface area contributed by atoms with E-state index in [1.807, 2.05) is 18.2 Å². The van der Waals surface area contributed by atoms with Crippen LogP contribution in [0.3, 0.4) is 0 Å². The normalized spacial score (nSPS) is 20.9. The van der Waals surface area contributed by atoms with E-state index in [0.29, 0.717) is 12.8 Å². The summed E-state index contributed by atoms with van der Waals surface area (Å²) in [5.41, 5.74) is -0.981. The predicted octanol–water partition coefficient (Wildman–Crippen LogP) is 2.41. The van der Waals surface area contributed by atoms with Gasteiger partial charge in [0.15, 0.2) is 0 Å². The van der Waals surface area contributed by atoms with Gasteiger partial charge in [-0.2, -0.15) is 0 Å². The molecular weight excluding hydrogens is 179 g/mol. The van der Waals surface area contributed by atoms with Crippen LogP contribution < -0.4 is 4.90 Å². The molecule has 0 aliphatic carbocycles. The maximum absolute atomic E-state index is 13.5. The van der Waals surface area contributed by atoms with Crippen molar-refractivity contribution in [2.75, 3.05) is 18.0 Å². The maximum atomic E-state index is 13.5. The van der Waals surface area contributed by atoms with Gasteiger partial charge in [-0.1, -0.05) is 6.07 Å². The molecule has 2 nitrogen and oxygen atoms in total. The van der Waals surface area contributed by atoms with Crippen molar-refractivity contribution >= 4 is 5.82 Å². The third-order valence-electron chi connectivity index (χ3n) is 2.78. The fourth-order valence-electron chi connectivity index (χ4n) is 1.74. The van der Waals surface area contributed by atoms with E-state index < -0.39 is 5.67 Å². The molecule has 1 aromatic rings.